The lowest BCUT2D eigenvalue weighted by atomic mass is 9.83. The summed E-state index contributed by atoms with van der Waals surface area (Å²) >= 11 is 0. The first-order chi connectivity index (χ1) is 17.3. The molecule has 0 bridgehead atoms. The number of methoxy groups -OCH3 is 1. The van der Waals surface area contributed by atoms with Crippen LogP contribution in [0, 0.1) is 5.92 Å². The molecule has 9 heteroatoms. The van der Waals surface area contributed by atoms with Crippen LogP contribution < -0.4 is 9.47 Å². The number of ether oxygens (including phenoxy) is 2. The zero-order chi connectivity index (χ0) is 25.4. The van der Waals surface area contributed by atoms with E-state index in [1.165, 1.54) is 0 Å². The molecule has 0 radical (unpaired) electrons. The van der Waals surface area contributed by atoms with E-state index in [0.29, 0.717) is 24.5 Å². The molecule has 0 spiro atoms. The van der Waals surface area contributed by atoms with Crippen molar-refractivity contribution in [3.63, 3.8) is 0 Å². The Morgan fingerprint density at radius 3 is 2.67 bits per heavy atom. The predicted octanol–water partition coefficient (Wildman–Crippen LogP) is 4.84. The van der Waals surface area contributed by atoms with Crippen LogP contribution in [0.1, 0.15) is 36.6 Å². The molecule has 1 fully saturated rings. The van der Waals surface area contributed by atoms with E-state index in [9.17, 15) is 13.2 Å². The van der Waals surface area contributed by atoms with Gasteiger partial charge in [-0.05, 0) is 42.7 Å². The SMILES string of the molecule is COc1cc(OCCN2CC(CF)C2)ccc1C1c2ccc3[nH]ncc3c2C[C@@H](C)N1CC(C)(F)F. The minimum atomic E-state index is -2.85. The van der Waals surface area contributed by atoms with Crippen molar-refractivity contribution in [1.29, 1.82) is 0 Å². The monoisotopic (exact) mass is 502 g/mol. The number of halogens is 3. The Balaban J connectivity index is 1.45. The van der Waals surface area contributed by atoms with E-state index >= 15 is 0 Å². The minimum Gasteiger partial charge on any atom is -0.496 e. The molecule has 1 N–H and O–H groups in total. The summed E-state index contributed by atoms with van der Waals surface area (Å²) in [4.78, 5) is 4.04. The van der Waals surface area contributed by atoms with Crippen LogP contribution in [0.4, 0.5) is 13.2 Å². The molecule has 2 atom stereocenters. The molecular weight excluding hydrogens is 469 g/mol. The molecule has 1 saturated heterocycles. The van der Waals surface area contributed by atoms with Crippen LogP contribution in [0.25, 0.3) is 10.9 Å². The second-order valence-corrected chi connectivity index (χ2v) is 10.2. The molecule has 1 unspecified atom stereocenters. The van der Waals surface area contributed by atoms with Crippen molar-refractivity contribution < 1.29 is 22.6 Å². The van der Waals surface area contributed by atoms with E-state index in [1.807, 2.05) is 48.4 Å². The highest BCUT2D eigenvalue weighted by atomic mass is 19.3. The summed E-state index contributed by atoms with van der Waals surface area (Å²) in [5.74, 6) is -1.46. The standard InChI is InChI=1S/C27H33F3N4O2/c1-17-10-22-20(6-7-24-23(22)13-31-32-24)26(34(17)16-27(2,29)30)21-5-4-19(11-25(21)35-3)36-9-8-33-14-18(12-28)15-33/h4-7,11,13,17-18,26H,8-10,12,14-16H2,1-3H3,(H,31,32)/t17-,26?/m1/s1. The molecule has 1 aromatic heterocycles. The van der Waals surface area contributed by atoms with Crippen LogP contribution in [0.15, 0.2) is 36.5 Å². The Morgan fingerprint density at radius 1 is 1.17 bits per heavy atom. The Labute approximate surface area is 209 Å². The van der Waals surface area contributed by atoms with Crippen LogP contribution in [0.2, 0.25) is 0 Å². The first-order valence-corrected chi connectivity index (χ1v) is 12.4. The van der Waals surface area contributed by atoms with E-state index < -0.39 is 12.0 Å². The smallest absolute Gasteiger partial charge is 0.257 e. The maximum Gasteiger partial charge on any atom is 0.257 e. The molecule has 5 rings (SSSR count). The van der Waals surface area contributed by atoms with Crippen molar-refractivity contribution in [2.75, 3.05) is 46.6 Å². The maximum absolute atomic E-state index is 14.3. The van der Waals surface area contributed by atoms with Gasteiger partial charge in [0.25, 0.3) is 5.92 Å². The number of benzene rings is 2. The first-order valence-electron chi connectivity index (χ1n) is 12.4. The number of H-pyrrole nitrogens is 1. The van der Waals surface area contributed by atoms with Crippen LogP contribution in [-0.2, 0) is 6.42 Å². The molecule has 3 aromatic rings. The van der Waals surface area contributed by atoms with Gasteiger partial charge in [-0.2, -0.15) is 5.10 Å². The van der Waals surface area contributed by atoms with Gasteiger partial charge in [0, 0.05) is 55.5 Å². The zero-order valence-corrected chi connectivity index (χ0v) is 20.9. The third-order valence-electron chi connectivity index (χ3n) is 7.35. The summed E-state index contributed by atoms with van der Waals surface area (Å²) in [5.41, 5.74) is 3.86. The Morgan fingerprint density at radius 2 is 1.94 bits per heavy atom. The minimum absolute atomic E-state index is 0.112. The van der Waals surface area contributed by atoms with Gasteiger partial charge in [-0.3, -0.25) is 19.3 Å². The van der Waals surface area contributed by atoms with Gasteiger partial charge in [0.05, 0.1) is 38.1 Å². The van der Waals surface area contributed by atoms with Gasteiger partial charge in [0.2, 0.25) is 0 Å². The zero-order valence-electron chi connectivity index (χ0n) is 20.9. The fourth-order valence-corrected chi connectivity index (χ4v) is 5.59. The topological polar surface area (TPSA) is 53.6 Å². The third kappa shape index (κ3) is 4.91. The second kappa shape index (κ2) is 9.94. The summed E-state index contributed by atoms with van der Waals surface area (Å²) in [6, 6.07) is 9.07. The number of nitrogens with one attached hydrogen (secondary N) is 1. The normalized spacial score (nSPS) is 21.4. The maximum atomic E-state index is 14.3. The van der Waals surface area contributed by atoms with Crippen LogP contribution in [0.3, 0.4) is 0 Å². The van der Waals surface area contributed by atoms with E-state index in [1.54, 1.807) is 7.11 Å². The number of hydrogen-bond donors (Lipinski definition) is 1. The number of hydrogen-bond acceptors (Lipinski definition) is 5. The lowest BCUT2D eigenvalue weighted by Gasteiger charge is -2.43. The average Bonchev–Trinajstić information content (AvgIpc) is 3.30. The fourth-order valence-electron chi connectivity index (χ4n) is 5.59. The summed E-state index contributed by atoms with van der Waals surface area (Å²) < 4.78 is 53.1. The number of likely N-dealkylation sites (tertiary alicyclic amines) is 1. The lowest BCUT2D eigenvalue weighted by molar-refractivity contribution is -0.0364. The van der Waals surface area contributed by atoms with Gasteiger partial charge in [-0.1, -0.05) is 6.07 Å². The summed E-state index contributed by atoms with van der Waals surface area (Å²) in [5, 5.41) is 8.23. The fraction of sp³-hybridized carbons (Fsp3) is 0.519. The number of aromatic amines is 1. The highest BCUT2D eigenvalue weighted by Gasteiger charge is 2.40. The van der Waals surface area contributed by atoms with Crippen molar-refractivity contribution in [2.45, 2.75) is 38.3 Å². The Kier molecular flexibility index (Phi) is 6.87. The molecule has 3 heterocycles. The molecule has 6 nitrogen and oxygen atoms in total. The van der Waals surface area contributed by atoms with Gasteiger partial charge in [-0.15, -0.1) is 0 Å². The Hall–Kier alpha value is -2.78. The number of nitrogens with zero attached hydrogens (tertiary/aromatic N) is 3. The molecular formula is C27H33F3N4O2. The molecule has 36 heavy (non-hydrogen) atoms. The largest absolute Gasteiger partial charge is 0.496 e. The van der Waals surface area contributed by atoms with Gasteiger partial charge >= 0.3 is 0 Å². The molecule has 2 aliphatic heterocycles. The highest BCUT2D eigenvalue weighted by molar-refractivity contribution is 5.83. The highest BCUT2D eigenvalue weighted by Crippen LogP contribution is 2.45. The summed E-state index contributed by atoms with van der Waals surface area (Å²) in [6.07, 6.45) is 2.46. The number of rotatable bonds is 9. The molecule has 0 aliphatic carbocycles. The van der Waals surface area contributed by atoms with Crippen molar-refractivity contribution in [3.05, 3.63) is 53.2 Å². The number of fused-ring (bicyclic) bond motifs is 3. The predicted molar refractivity (Wildman–Crippen MR) is 133 cm³/mol. The summed E-state index contributed by atoms with van der Waals surface area (Å²) in [6.45, 7) is 5.07. The van der Waals surface area contributed by atoms with Crippen molar-refractivity contribution in [2.24, 2.45) is 5.92 Å². The van der Waals surface area contributed by atoms with Crippen molar-refractivity contribution >= 4 is 10.9 Å². The second-order valence-electron chi connectivity index (χ2n) is 10.2. The summed E-state index contributed by atoms with van der Waals surface area (Å²) in [7, 11) is 1.59. The number of aromatic nitrogens is 2. The van der Waals surface area contributed by atoms with Crippen molar-refractivity contribution in [1.82, 2.24) is 20.0 Å². The molecule has 2 aromatic carbocycles. The van der Waals surface area contributed by atoms with Crippen LogP contribution in [0.5, 0.6) is 11.5 Å². The average molecular weight is 503 g/mol. The quantitative estimate of drug-likeness (QED) is 0.454. The first kappa shape index (κ1) is 24.9. The molecule has 0 saturated carbocycles. The van der Waals surface area contributed by atoms with Gasteiger partial charge in [0.1, 0.15) is 18.1 Å². The third-order valence-corrected chi connectivity index (χ3v) is 7.35. The Bertz CT molecular complexity index is 1210. The van der Waals surface area contributed by atoms with E-state index in [4.69, 9.17) is 9.47 Å². The van der Waals surface area contributed by atoms with E-state index in [-0.39, 0.29) is 25.2 Å². The van der Waals surface area contributed by atoms with Gasteiger partial charge in [-0.25, -0.2) is 8.78 Å². The number of alkyl halides is 3. The van der Waals surface area contributed by atoms with Gasteiger partial charge < -0.3 is 9.47 Å². The van der Waals surface area contributed by atoms with E-state index in [0.717, 1.165) is 54.2 Å². The molecule has 2 aliphatic rings. The van der Waals surface area contributed by atoms with E-state index in [2.05, 4.69) is 15.1 Å². The van der Waals surface area contributed by atoms with Crippen LogP contribution >= 0.6 is 0 Å². The molecule has 194 valence electrons. The lowest BCUT2D eigenvalue weighted by Crippen LogP contribution is -2.49. The van der Waals surface area contributed by atoms with Crippen molar-refractivity contribution in [3.8, 4) is 11.5 Å². The van der Waals surface area contributed by atoms with Gasteiger partial charge in [0.15, 0.2) is 0 Å². The molecule has 0 amide bonds. The van der Waals surface area contributed by atoms with Crippen LogP contribution in [-0.4, -0.2) is 78.5 Å².